The van der Waals surface area contributed by atoms with Crippen LogP contribution in [0, 0.1) is 0 Å². The highest BCUT2D eigenvalue weighted by Gasteiger charge is 2.15. The molecule has 94 valence electrons. The van der Waals surface area contributed by atoms with Crippen LogP contribution in [0.3, 0.4) is 0 Å². The van der Waals surface area contributed by atoms with Crippen LogP contribution < -0.4 is 9.47 Å². The molecular weight excluding hydrogens is 236 g/mol. The van der Waals surface area contributed by atoms with Crippen molar-refractivity contribution < 1.29 is 23.8 Å². The summed E-state index contributed by atoms with van der Waals surface area (Å²) in [6.45, 7) is 0. The van der Waals surface area contributed by atoms with Crippen LogP contribution in [0.2, 0.25) is 0 Å². The van der Waals surface area contributed by atoms with Gasteiger partial charge in [0, 0.05) is 17.0 Å². The molecule has 0 radical (unpaired) electrons. The first-order chi connectivity index (χ1) is 8.67. The summed E-state index contributed by atoms with van der Waals surface area (Å²) in [7, 11) is 3.00. The average Bonchev–Trinajstić information content (AvgIpc) is 2.81. The first-order valence-corrected chi connectivity index (χ1v) is 5.20. The van der Waals surface area contributed by atoms with Gasteiger partial charge in [-0.05, 0) is 18.2 Å². The molecule has 2 rings (SSSR count). The number of carboxylic acids is 1. The summed E-state index contributed by atoms with van der Waals surface area (Å²) >= 11 is 0. The minimum atomic E-state index is -1.02. The smallest absolute Gasteiger partial charge is 0.328 e. The number of benzene rings is 1. The second-order valence-corrected chi connectivity index (χ2v) is 3.54. The molecule has 1 aromatic carbocycles. The first kappa shape index (κ1) is 12.0. The van der Waals surface area contributed by atoms with Gasteiger partial charge in [0.05, 0.1) is 20.5 Å². The number of ether oxygens (including phenoxy) is 2. The molecule has 1 N–H and O–H groups in total. The zero-order valence-corrected chi connectivity index (χ0v) is 9.97. The van der Waals surface area contributed by atoms with Crippen LogP contribution >= 0.6 is 0 Å². The fourth-order valence-corrected chi connectivity index (χ4v) is 1.77. The van der Waals surface area contributed by atoms with Crippen molar-refractivity contribution in [3.05, 3.63) is 30.0 Å². The lowest BCUT2D eigenvalue weighted by Crippen LogP contribution is -1.94. The van der Waals surface area contributed by atoms with E-state index in [2.05, 4.69) is 0 Å². The standard InChI is InChI=1S/C13H12O5/c1-16-11-8(3-4-10(14)15)7-9-5-6-18-12(9)13(11)17-2/h3-7H,1-2H3,(H,14,15). The van der Waals surface area contributed by atoms with Crippen LogP contribution in [0.15, 0.2) is 28.9 Å². The van der Waals surface area contributed by atoms with E-state index < -0.39 is 5.97 Å². The molecule has 1 aromatic heterocycles. The molecule has 0 aliphatic carbocycles. The third kappa shape index (κ3) is 2.02. The molecule has 0 amide bonds. The molecule has 0 aliphatic rings. The predicted molar refractivity (Wildman–Crippen MR) is 66.0 cm³/mol. The summed E-state index contributed by atoms with van der Waals surface area (Å²) < 4.78 is 15.8. The predicted octanol–water partition coefficient (Wildman–Crippen LogP) is 2.55. The second kappa shape index (κ2) is 4.83. The second-order valence-electron chi connectivity index (χ2n) is 3.54. The van der Waals surface area contributed by atoms with E-state index in [1.54, 1.807) is 12.1 Å². The number of furan rings is 1. The number of carboxylic acid groups (broad SMARTS) is 1. The van der Waals surface area contributed by atoms with E-state index in [-0.39, 0.29) is 0 Å². The summed E-state index contributed by atoms with van der Waals surface area (Å²) in [5.41, 5.74) is 1.19. The van der Waals surface area contributed by atoms with Gasteiger partial charge >= 0.3 is 5.97 Å². The number of aliphatic carboxylic acids is 1. The van der Waals surface area contributed by atoms with Crippen molar-refractivity contribution in [1.82, 2.24) is 0 Å². The van der Waals surface area contributed by atoms with Crippen molar-refractivity contribution in [2.45, 2.75) is 0 Å². The summed E-state index contributed by atoms with van der Waals surface area (Å²) in [5, 5.41) is 9.48. The summed E-state index contributed by atoms with van der Waals surface area (Å²) in [4.78, 5) is 10.6. The topological polar surface area (TPSA) is 68.9 Å². The van der Waals surface area contributed by atoms with Crippen LogP contribution in [0.5, 0.6) is 11.5 Å². The van der Waals surface area contributed by atoms with Crippen molar-refractivity contribution in [2.24, 2.45) is 0 Å². The Bertz CT molecular complexity index is 609. The van der Waals surface area contributed by atoms with Crippen molar-refractivity contribution >= 4 is 23.0 Å². The van der Waals surface area contributed by atoms with Gasteiger partial charge in [-0.3, -0.25) is 0 Å². The molecule has 5 nitrogen and oxygen atoms in total. The number of hydrogen-bond acceptors (Lipinski definition) is 4. The lowest BCUT2D eigenvalue weighted by atomic mass is 10.1. The van der Waals surface area contributed by atoms with Crippen LogP contribution in [-0.2, 0) is 4.79 Å². The minimum absolute atomic E-state index is 0.442. The Labute approximate surface area is 103 Å². The molecule has 0 spiro atoms. The summed E-state index contributed by atoms with van der Waals surface area (Å²) in [6.07, 6.45) is 4.04. The van der Waals surface area contributed by atoms with E-state index in [0.29, 0.717) is 22.6 Å². The van der Waals surface area contributed by atoms with Crippen molar-refractivity contribution in [2.75, 3.05) is 14.2 Å². The Morgan fingerprint density at radius 3 is 2.67 bits per heavy atom. The Hall–Kier alpha value is -2.43. The molecule has 0 saturated heterocycles. The normalized spacial score (nSPS) is 11.0. The van der Waals surface area contributed by atoms with E-state index in [1.165, 1.54) is 26.6 Å². The van der Waals surface area contributed by atoms with Gasteiger partial charge in [0.2, 0.25) is 5.75 Å². The maximum absolute atomic E-state index is 10.6. The fourth-order valence-electron chi connectivity index (χ4n) is 1.77. The van der Waals surface area contributed by atoms with Gasteiger partial charge < -0.3 is 19.0 Å². The molecular formula is C13H12O5. The lowest BCUT2D eigenvalue weighted by molar-refractivity contribution is -0.131. The third-order valence-corrected chi connectivity index (χ3v) is 2.50. The van der Waals surface area contributed by atoms with Gasteiger partial charge in [0.15, 0.2) is 11.3 Å². The third-order valence-electron chi connectivity index (χ3n) is 2.50. The Balaban J connectivity index is 2.67. The van der Waals surface area contributed by atoms with Crippen LogP contribution in [0.25, 0.3) is 17.0 Å². The first-order valence-electron chi connectivity index (χ1n) is 5.20. The molecule has 1 heterocycles. The monoisotopic (exact) mass is 248 g/mol. The van der Waals surface area contributed by atoms with Crippen LogP contribution in [0.1, 0.15) is 5.56 Å². The molecule has 0 atom stereocenters. The van der Waals surface area contributed by atoms with Gasteiger partial charge in [-0.2, -0.15) is 0 Å². The van der Waals surface area contributed by atoms with E-state index in [1.807, 2.05) is 0 Å². The number of fused-ring (bicyclic) bond motifs is 1. The highest BCUT2D eigenvalue weighted by molar-refractivity contribution is 5.92. The molecule has 18 heavy (non-hydrogen) atoms. The van der Waals surface area contributed by atoms with Gasteiger partial charge in [0.1, 0.15) is 0 Å². The molecule has 0 fully saturated rings. The Kier molecular flexibility index (Phi) is 3.23. The molecule has 0 bridgehead atoms. The minimum Gasteiger partial charge on any atom is -0.492 e. The van der Waals surface area contributed by atoms with Gasteiger partial charge in [0.25, 0.3) is 0 Å². The quantitative estimate of drug-likeness (QED) is 0.842. The van der Waals surface area contributed by atoms with Crippen LogP contribution in [0.4, 0.5) is 0 Å². The molecule has 0 aliphatic heterocycles. The lowest BCUT2D eigenvalue weighted by Gasteiger charge is -2.10. The average molecular weight is 248 g/mol. The maximum Gasteiger partial charge on any atom is 0.328 e. The van der Waals surface area contributed by atoms with Gasteiger partial charge in [-0.15, -0.1) is 0 Å². The van der Waals surface area contributed by atoms with Crippen molar-refractivity contribution in [1.29, 1.82) is 0 Å². The molecule has 2 aromatic rings. The SMILES string of the molecule is COc1c(C=CC(=O)O)cc2ccoc2c1OC. The molecule has 5 heteroatoms. The molecule has 0 unspecified atom stereocenters. The highest BCUT2D eigenvalue weighted by Crippen LogP contribution is 2.39. The number of hydrogen-bond donors (Lipinski definition) is 1. The summed E-state index contributed by atoms with van der Waals surface area (Å²) in [6, 6.07) is 3.55. The number of carbonyl (C=O) groups is 1. The van der Waals surface area contributed by atoms with E-state index in [0.717, 1.165) is 11.5 Å². The van der Waals surface area contributed by atoms with E-state index >= 15 is 0 Å². The zero-order valence-electron chi connectivity index (χ0n) is 9.97. The summed E-state index contributed by atoms with van der Waals surface area (Å²) in [5.74, 6) is -0.134. The fraction of sp³-hybridized carbons (Fsp3) is 0.154. The van der Waals surface area contributed by atoms with Crippen molar-refractivity contribution in [3.8, 4) is 11.5 Å². The van der Waals surface area contributed by atoms with Crippen LogP contribution in [-0.4, -0.2) is 25.3 Å². The zero-order chi connectivity index (χ0) is 13.1. The number of rotatable bonds is 4. The van der Waals surface area contributed by atoms with Gasteiger partial charge in [-0.25, -0.2) is 4.79 Å². The molecule has 0 saturated carbocycles. The largest absolute Gasteiger partial charge is 0.492 e. The maximum atomic E-state index is 10.6. The van der Waals surface area contributed by atoms with Crippen molar-refractivity contribution in [3.63, 3.8) is 0 Å². The Morgan fingerprint density at radius 2 is 2.06 bits per heavy atom. The Morgan fingerprint density at radius 1 is 1.33 bits per heavy atom. The highest BCUT2D eigenvalue weighted by atomic mass is 16.5. The van der Waals surface area contributed by atoms with E-state index in [9.17, 15) is 4.79 Å². The van der Waals surface area contributed by atoms with Gasteiger partial charge in [-0.1, -0.05) is 0 Å². The number of methoxy groups -OCH3 is 2. The van der Waals surface area contributed by atoms with E-state index in [4.69, 9.17) is 19.0 Å².